The first-order chi connectivity index (χ1) is 10.1. The van der Waals surface area contributed by atoms with Crippen LogP contribution in [0.25, 0.3) is 0 Å². The zero-order valence-electron chi connectivity index (χ0n) is 12.2. The number of halogens is 2. The highest BCUT2D eigenvalue weighted by molar-refractivity contribution is 6.31. The molecule has 112 valence electrons. The van der Waals surface area contributed by atoms with Crippen LogP contribution in [-0.2, 0) is 6.61 Å². The van der Waals surface area contributed by atoms with E-state index in [9.17, 15) is 4.39 Å². The molecule has 2 nitrogen and oxygen atoms in total. The summed E-state index contributed by atoms with van der Waals surface area (Å²) in [5.41, 5.74) is 1.84. The van der Waals surface area contributed by atoms with Crippen molar-refractivity contribution in [2.75, 3.05) is 6.54 Å². The van der Waals surface area contributed by atoms with Crippen molar-refractivity contribution in [2.24, 2.45) is 0 Å². The van der Waals surface area contributed by atoms with E-state index in [1.807, 2.05) is 24.3 Å². The average Bonchev–Trinajstić information content (AvgIpc) is 2.49. The number of hydrogen-bond acceptors (Lipinski definition) is 2. The van der Waals surface area contributed by atoms with Crippen LogP contribution in [0, 0.1) is 5.82 Å². The zero-order chi connectivity index (χ0) is 15.2. The molecule has 0 radical (unpaired) electrons. The Morgan fingerprint density at radius 3 is 2.57 bits per heavy atom. The largest absolute Gasteiger partial charge is 0.489 e. The maximum atomic E-state index is 13.2. The van der Waals surface area contributed by atoms with Crippen molar-refractivity contribution in [3.05, 3.63) is 64.4 Å². The Morgan fingerprint density at radius 2 is 1.90 bits per heavy atom. The minimum absolute atomic E-state index is 0.249. The van der Waals surface area contributed by atoms with Crippen molar-refractivity contribution in [3.8, 4) is 5.75 Å². The summed E-state index contributed by atoms with van der Waals surface area (Å²) >= 11 is 6.01. The van der Waals surface area contributed by atoms with Crippen molar-refractivity contribution in [2.45, 2.75) is 26.5 Å². The molecule has 0 saturated heterocycles. The van der Waals surface area contributed by atoms with Gasteiger partial charge in [0.2, 0.25) is 0 Å². The van der Waals surface area contributed by atoms with Gasteiger partial charge in [0.05, 0.1) is 0 Å². The van der Waals surface area contributed by atoms with Crippen LogP contribution in [0.4, 0.5) is 4.39 Å². The summed E-state index contributed by atoms with van der Waals surface area (Å²) in [7, 11) is 0. The van der Waals surface area contributed by atoms with Crippen LogP contribution in [0.3, 0.4) is 0 Å². The topological polar surface area (TPSA) is 21.3 Å². The van der Waals surface area contributed by atoms with Crippen LogP contribution in [-0.4, -0.2) is 6.54 Å². The molecule has 1 atom stereocenters. The minimum atomic E-state index is -0.312. The van der Waals surface area contributed by atoms with Crippen molar-refractivity contribution >= 4 is 11.6 Å². The Balaban J connectivity index is 1.99. The summed E-state index contributed by atoms with van der Waals surface area (Å²) in [6.45, 7) is 5.37. The molecule has 4 heteroatoms. The number of hydrogen-bond donors (Lipinski definition) is 1. The van der Waals surface area contributed by atoms with E-state index in [0.29, 0.717) is 16.6 Å². The van der Waals surface area contributed by atoms with Crippen LogP contribution in [0.2, 0.25) is 5.02 Å². The Hall–Kier alpha value is -1.58. The fraction of sp³-hybridized carbons (Fsp3) is 0.294. The maximum absolute atomic E-state index is 13.2. The summed E-state index contributed by atoms with van der Waals surface area (Å²) < 4.78 is 18.8. The molecule has 1 N–H and O–H groups in total. The van der Waals surface area contributed by atoms with Crippen LogP contribution >= 0.6 is 11.6 Å². The SMILES string of the molecule is CCNC(C)c1ccc(OCc2cc(F)ccc2Cl)cc1. The van der Waals surface area contributed by atoms with E-state index in [0.717, 1.165) is 12.3 Å². The molecule has 0 aromatic heterocycles. The van der Waals surface area contributed by atoms with E-state index < -0.39 is 0 Å². The molecule has 0 bridgehead atoms. The highest BCUT2D eigenvalue weighted by Crippen LogP contribution is 2.21. The van der Waals surface area contributed by atoms with Gasteiger partial charge in [-0.1, -0.05) is 30.7 Å². The highest BCUT2D eigenvalue weighted by atomic mass is 35.5. The lowest BCUT2D eigenvalue weighted by Crippen LogP contribution is -2.17. The van der Waals surface area contributed by atoms with Crippen molar-refractivity contribution in [1.82, 2.24) is 5.32 Å². The van der Waals surface area contributed by atoms with Gasteiger partial charge in [-0.15, -0.1) is 0 Å². The Morgan fingerprint density at radius 1 is 1.19 bits per heavy atom. The van der Waals surface area contributed by atoms with Crippen molar-refractivity contribution < 1.29 is 9.13 Å². The summed E-state index contributed by atoms with van der Waals surface area (Å²) in [5, 5.41) is 3.86. The van der Waals surface area contributed by atoms with Gasteiger partial charge in [0, 0.05) is 16.6 Å². The number of rotatable bonds is 6. The van der Waals surface area contributed by atoms with Gasteiger partial charge in [-0.25, -0.2) is 4.39 Å². The predicted molar refractivity (Wildman–Crippen MR) is 84.3 cm³/mol. The van der Waals surface area contributed by atoms with Crippen LogP contribution < -0.4 is 10.1 Å². The van der Waals surface area contributed by atoms with E-state index in [1.165, 1.54) is 23.8 Å². The molecule has 0 amide bonds. The van der Waals surface area contributed by atoms with Gasteiger partial charge in [-0.05, 0) is 49.4 Å². The average molecular weight is 308 g/mol. The molecule has 0 aliphatic rings. The minimum Gasteiger partial charge on any atom is -0.489 e. The second-order valence-electron chi connectivity index (χ2n) is 4.87. The molecule has 0 spiro atoms. The third kappa shape index (κ3) is 4.45. The lowest BCUT2D eigenvalue weighted by Gasteiger charge is -2.13. The molecular weight excluding hydrogens is 289 g/mol. The van der Waals surface area contributed by atoms with Gasteiger partial charge >= 0.3 is 0 Å². The molecule has 0 aliphatic carbocycles. The van der Waals surface area contributed by atoms with Gasteiger partial charge in [0.25, 0.3) is 0 Å². The van der Waals surface area contributed by atoms with Gasteiger partial charge in [0.15, 0.2) is 0 Å². The first-order valence-electron chi connectivity index (χ1n) is 7.00. The molecule has 1 unspecified atom stereocenters. The summed E-state index contributed by atoms with van der Waals surface area (Å²) in [6.07, 6.45) is 0. The molecule has 2 rings (SSSR count). The maximum Gasteiger partial charge on any atom is 0.123 e. The lowest BCUT2D eigenvalue weighted by atomic mass is 10.1. The second kappa shape index (κ2) is 7.43. The van der Waals surface area contributed by atoms with Crippen LogP contribution in [0.5, 0.6) is 5.75 Å². The molecule has 0 heterocycles. The van der Waals surface area contributed by atoms with E-state index in [1.54, 1.807) is 0 Å². The Kier molecular flexibility index (Phi) is 5.59. The van der Waals surface area contributed by atoms with Crippen molar-refractivity contribution in [1.29, 1.82) is 0 Å². The number of benzene rings is 2. The molecule has 0 aliphatic heterocycles. The first kappa shape index (κ1) is 15.8. The third-order valence-corrected chi connectivity index (χ3v) is 3.66. The molecule has 0 saturated carbocycles. The Bertz CT molecular complexity index is 586. The van der Waals surface area contributed by atoms with Gasteiger partial charge in [-0.2, -0.15) is 0 Å². The normalized spacial score (nSPS) is 12.2. The smallest absolute Gasteiger partial charge is 0.123 e. The molecule has 2 aromatic rings. The Labute approximate surface area is 129 Å². The predicted octanol–water partition coefficient (Wildman–Crippen LogP) is 4.73. The standard InChI is InChI=1S/C17H19ClFNO/c1-3-20-12(2)13-4-7-16(8-5-13)21-11-14-10-15(19)6-9-17(14)18/h4-10,12,20H,3,11H2,1-2H3. The van der Waals surface area contributed by atoms with Crippen molar-refractivity contribution in [3.63, 3.8) is 0 Å². The third-order valence-electron chi connectivity index (χ3n) is 3.29. The quantitative estimate of drug-likeness (QED) is 0.833. The van der Waals surface area contributed by atoms with Crippen LogP contribution in [0.15, 0.2) is 42.5 Å². The van der Waals surface area contributed by atoms with Crippen LogP contribution in [0.1, 0.15) is 31.0 Å². The summed E-state index contributed by atoms with van der Waals surface area (Å²) in [6, 6.07) is 12.4. The zero-order valence-corrected chi connectivity index (χ0v) is 13.0. The number of ether oxygens (including phenoxy) is 1. The molecule has 21 heavy (non-hydrogen) atoms. The van der Waals surface area contributed by atoms with E-state index in [-0.39, 0.29) is 12.4 Å². The highest BCUT2D eigenvalue weighted by Gasteiger charge is 2.05. The van der Waals surface area contributed by atoms with E-state index >= 15 is 0 Å². The summed E-state index contributed by atoms with van der Waals surface area (Å²) in [5.74, 6) is 0.426. The first-order valence-corrected chi connectivity index (χ1v) is 7.38. The molecular formula is C17H19ClFNO. The monoisotopic (exact) mass is 307 g/mol. The van der Waals surface area contributed by atoms with Gasteiger partial charge < -0.3 is 10.1 Å². The fourth-order valence-corrected chi connectivity index (χ4v) is 2.26. The summed E-state index contributed by atoms with van der Waals surface area (Å²) in [4.78, 5) is 0. The van der Waals surface area contributed by atoms with Gasteiger partial charge in [0.1, 0.15) is 18.2 Å². The fourth-order valence-electron chi connectivity index (χ4n) is 2.09. The van der Waals surface area contributed by atoms with Gasteiger partial charge in [-0.3, -0.25) is 0 Å². The second-order valence-corrected chi connectivity index (χ2v) is 5.28. The van der Waals surface area contributed by atoms with E-state index in [2.05, 4.69) is 19.2 Å². The molecule has 0 fully saturated rings. The van der Waals surface area contributed by atoms with E-state index in [4.69, 9.17) is 16.3 Å². The molecule has 2 aromatic carbocycles. The number of nitrogens with one attached hydrogen (secondary N) is 1. The lowest BCUT2D eigenvalue weighted by molar-refractivity contribution is 0.305.